The maximum Gasteiger partial charge on any atom is 0.227 e. The van der Waals surface area contributed by atoms with Crippen LogP contribution in [0, 0.1) is 5.92 Å². The number of carbonyl (C=O) groups is 1. The lowest BCUT2D eigenvalue weighted by atomic mass is 10.1. The van der Waals surface area contributed by atoms with Gasteiger partial charge in [-0.1, -0.05) is 6.92 Å². The Labute approximate surface area is 120 Å². The smallest absolute Gasteiger partial charge is 0.227 e. The lowest BCUT2D eigenvalue weighted by molar-refractivity contribution is -0.120. The van der Waals surface area contributed by atoms with Gasteiger partial charge in [0.2, 0.25) is 5.91 Å². The fourth-order valence-electron chi connectivity index (χ4n) is 2.35. The van der Waals surface area contributed by atoms with Crippen LogP contribution >= 0.6 is 0 Å². The number of nitrogens with zero attached hydrogens (tertiary/aromatic N) is 3. The highest BCUT2D eigenvalue weighted by Crippen LogP contribution is 2.03. The summed E-state index contributed by atoms with van der Waals surface area (Å²) >= 11 is 0. The largest absolute Gasteiger partial charge is 0.379 e. The molecule has 1 amide bonds. The Bertz CT molecular complexity index is 427. The SMILES string of the molecule is CC(CNC(=O)Cc1nccn1C)CN1CCOCC1. The van der Waals surface area contributed by atoms with Crippen LogP contribution in [0.25, 0.3) is 0 Å². The second kappa shape index (κ2) is 7.40. The average molecular weight is 280 g/mol. The molecule has 0 aromatic carbocycles. The number of nitrogens with one attached hydrogen (secondary N) is 1. The minimum Gasteiger partial charge on any atom is -0.379 e. The molecule has 0 saturated carbocycles. The number of carbonyl (C=O) groups excluding carboxylic acids is 1. The van der Waals surface area contributed by atoms with E-state index in [0.29, 0.717) is 18.9 Å². The number of amides is 1. The first-order valence-electron chi connectivity index (χ1n) is 7.18. The molecule has 20 heavy (non-hydrogen) atoms. The quantitative estimate of drug-likeness (QED) is 0.800. The summed E-state index contributed by atoms with van der Waals surface area (Å²) < 4.78 is 7.20. The molecule has 1 aliphatic rings. The van der Waals surface area contributed by atoms with Gasteiger partial charge in [-0.25, -0.2) is 4.98 Å². The lowest BCUT2D eigenvalue weighted by Crippen LogP contribution is -2.41. The summed E-state index contributed by atoms with van der Waals surface area (Å²) in [6.45, 7) is 7.50. The summed E-state index contributed by atoms with van der Waals surface area (Å²) in [5.41, 5.74) is 0. The van der Waals surface area contributed by atoms with Gasteiger partial charge < -0.3 is 14.6 Å². The highest BCUT2D eigenvalue weighted by atomic mass is 16.5. The number of morpholine rings is 1. The third-order valence-electron chi connectivity index (χ3n) is 3.56. The normalized spacial score (nSPS) is 17.9. The van der Waals surface area contributed by atoms with Crippen molar-refractivity contribution in [2.24, 2.45) is 13.0 Å². The molecule has 112 valence electrons. The van der Waals surface area contributed by atoms with Crippen molar-refractivity contribution in [1.82, 2.24) is 19.8 Å². The molecule has 0 spiro atoms. The Balaban J connectivity index is 1.66. The van der Waals surface area contributed by atoms with Crippen molar-refractivity contribution >= 4 is 5.91 Å². The van der Waals surface area contributed by atoms with Crippen molar-refractivity contribution in [2.75, 3.05) is 39.4 Å². The van der Waals surface area contributed by atoms with Crippen molar-refractivity contribution in [3.8, 4) is 0 Å². The van der Waals surface area contributed by atoms with Crippen LogP contribution in [0.1, 0.15) is 12.7 Å². The van der Waals surface area contributed by atoms with E-state index in [4.69, 9.17) is 4.74 Å². The fourth-order valence-corrected chi connectivity index (χ4v) is 2.35. The van der Waals surface area contributed by atoms with Crippen molar-refractivity contribution in [3.05, 3.63) is 18.2 Å². The topological polar surface area (TPSA) is 59.4 Å². The van der Waals surface area contributed by atoms with Crippen LogP contribution in [0.5, 0.6) is 0 Å². The molecule has 1 atom stereocenters. The van der Waals surface area contributed by atoms with Gasteiger partial charge in [-0.2, -0.15) is 0 Å². The van der Waals surface area contributed by atoms with Crippen LogP contribution in [-0.4, -0.2) is 59.8 Å². The Morgan fingerprint density at radius 1 is 1.50 bits per heavy atom. The summed E-state index contributed by atoms with van der Waals surface area (Å²) in [6, 6.07) is 0. The second-order valence-electron chi connectivity index (χ2n) is 5.45. The summed E-state index contributed by atoms with van der Waals surface area (Å²) in [5, 5.41) is 2.99. The molecule has 0 bridgehead atoms. The summed E-state index contributed by atoms with van der Waals surface area (Å²) in [4.78, 5) is 18.4. The minimum atomic E-state index is 0.0353. The molecular weight excluding hydrogens is 256 g/mol. The van der Waals surface area contributed by atoms with Gasteiger partial charge in [-0.3, -0.25) is 9.69 Å². The van der Waals surface area contributed by atoms with Gasteiger partial charge in [0, 0.05) is 45.6 Å². The molecule has 1 unspecified atom stereocenters. The molecule has 6 heteroatoms. The van der Waals surface area contributed by atoms with Crippen LogP contribution in [0.2, 0.25) is 0 Å². The predicted octanol–water partition coefficient (Wildman–Crippen LogP) is 0.0471. The van der Waals surface area contributed by atoms with Gasteiger partial charge in [0.25, 0.3) is 0 Å². The number of hydrogen-bond acceptors (Lipinski definition) is 4. The second-order valence-corrected chi connectivity index (χ2v) is 5.45. The zero-order valence-corrected chi connectivity index (χ0v) is 12.3. The van der Waals surface area contributed by atoms with Crippen LogP contribution in [0.4, 0.5) is 0 Å². The monoisotopic (exact) mass is 280 g/mol. The third kappa shape index (κ3) is 4.61. The molecule has 1 aliphatic heterocycles. The standard InChI is InChI=1S/C14H24N4O2/c1-12(11-18-5-7-20-8-6-18)10-16-14(19)9-13-15-3-4-17(13)2/h3-4,12H,5-11H2,1-2H3,(H,16,19). The molecule has 6 nitrogen and oxygen atoms in total. The third-order valence-corrected chi connectivity index (χ3v) is 3.56. The number of imidazole rings is 1. The number of rotatable bonds is 6. The number of aryl methyl sites for hydroxylation is 1. The van der Waals surface area contributed by atoms with E-state index >= 15 is 0 Å². The van der Waals surface area contributed by atoms with Gasteiger partial charge >= 0.3 is 0 Å². The highest BCUT2D eigenvalue weighted by molar-refractivity contribution is 5.77. The van der Waals surface area contributed by atoms with Crippen molar-refractivity contribution in [3.63, 3.8) is 0 Å². The van der Waals surface area contributed by atoms with E-state index < -0.39 is 0 Å². The van der Waals surface area contributed by atoms with Crippen molar-refractivity contribution < 1.29 is 9.53 Å². The van der Waals surface area contributed by atoms with Crippen molar-refractivity contribution in [1.29, 1.82) is 0 Å². The zero-order valence-electron chi connectivity index (χ0n) is 12.3. The molecule has 1 N–H and O–H groups in total. The van der Waals surface area contributed by atoms with E-state index in [1.165, 1.54) is 0 Å². The van der Waals surface area contributed by atoms with E-state index in [9.17, 15) is 4.79 Å². The Morgan fingerprint density at radius 2 is 2.25 bits per heavy atom. The minimum absolute atomic E-state index is 0.0353. The van der Waals surface area contributed by atoms with Gasteiger partial charge in [0.15, 0.2) is 0 Å². The lowest BCUT2D eigenvalue weighted by Gasteiger charge is -2.29. The van der Waals surface area contributed by atoms with Crippen LogP contribution < -0.4 is 5.32 Å². The first-order chi connectivity index (χ1) is 9.65. The van der Waals surface area contributed by atoms with Crippen LogP contribution in [-0.2, 0) is 23.0 Å². The average Bonchev–Trinajstić information content (AvgIpc) is 2.83. The molecule has 2 rings (SSSR count). The van der Waals surface area contributed by atoms with E-state index in [1.54, 1.807) is 6.20 Å². The number of ether oxygens (including phenoxy) is 1. The molecular formula is C14H24N4O2. The first-order valence-corrected chi connectivity index (χ1v) is 7.18. The summed E-state index contributed by atoms with van der Waals surface area (Å²) in [5.74, 6) is 1.27. The highest BCUT2D eigenvalue weighted by Gasteiger charge is 2.14. The van der Waals surface area contributed by atoms with Crippen LogP contribution in [0.3, 0.4) is 0 Å². The van der Waals surface area contributed by atoms with Gasteiger partial charge in [-0.05, 0) is 5.92 Å². The molecule has 1 saturated heterocycles. The molecule has 0 radical (unpaired) electrons. The molecule has 2 heterocycles. The van der Waals surface area contributed by atoms with E-state index in [0.717, 1.165) is 38.7 Å². The van der Waals surface area contributed by atoms with Gasteiger partial charge in [0.05, 0.1) is 19.6 Å². The Hall–Kier alpha value is -1.40. The summed E-state index contributed by atoms with van der Waals surface area (Å²) in [6.07, 6.45) is 3.90. The maximum absolute atomic E-state index is 11.9. The van der Waals surface area contributed by atoms with Crippen molar-refractivity contribution in [2.45, 2.75) is 13.3 Å². The van der Waals surface area contributed by atoms with Gasteiger partial charge in [0.1, 0.15) is 5.82 Å². The fraction of sp³-hybridized carbons (Fsp3) is 0.714. The Kier molecular flexibility index (Phi) is 5.55. The molecule has 1 fully saturated rings. The van der Waals surface area contributed by atoms with Crippen LogP contribution in [0.15, 0.2) is 12.4 Å². The summed E-state index contributed by atoms with van der Waals surface area (Å²) in [7, 11) is 1.90. The van der Waals surface area contributed by atoms with Gasteiger partial charge in [-0.15, -0.1) is 0 Å². The maximum atomic E-state index is 11.9. The Morgan fingerprint density at radius 3 is 2.90 bits per heavy atom. The number of aromatic nitrogens is 2. The number of hydrogen-bond donors (Lipinski definition) is 1. The van der Waals surface area contributed by atoms with E-state index in [-0.39, 0.29) is 5.91 Å². The predicted molar refractivity (Wildman–Crippen MR) is 76.3 cm³/mol. The zero-order chi connectivity index (χ0) is 14.4. The first kappa shape index (κ1) is 15.0. The van der Waals surface area contributed by atoms with E-state index in [1.807, 2.05) is 17.8 Å². The molecule has 1 aromatic heterocycles. The van der Waals surface area contributed by atoms with E-state index in [2.05, 4.69) is 22.1 Å². The molecule has 1 aromatic rings. The molecule has 0 aliphatic carbocycles.